The van der Waals surface area contributed by atoms with Crippen molar-refractivity contribution in [1.82, 2.24) is 14.6 Å². The predicted molar refractivity (Wildman–Crippen MR) is 64.4 cm³/mol. The molecule has 0 atom stereocenters. The van der Waals surface area contributed by atoms with E-state index in [4.69, 9.17) is 5.73 Å². The van der Waals surface area contributed by atoms with Crippen molar-refractivity contribution in [2.75, 3.05) is 11.9 Å². The lowest BCUT2D eigenvalue weighted by Gasteiger charge is -2.22. The fraction of sp³-hybridized carbons (Fsp3) is 0.455. The summed E-state index contributed by atoms with van der Waals surface area (Å²) >= 11 is 0. The Labute approximate surface area is 94.9 Å². The Morgan fingerprint density at radius 2 is 2.19 bits per heavy atom. The SMILES string of the molecule is CC(C)N(C)c1ccc2nc(CN)cn2n1. The molecular formula is C11H17N5. The van der Waals surface area contributed by atoms with Crippen molar-refractivity contribution in [2.45, 2.75) is 26.4 Å². The van der Waals surface area contributed by atoms with E-state index in [9.17, 15) is 0 Å². The Hall–Kier alpha value is -1.62. The summed E-state index contributed by atoms with van der Waals surface area (Å²) in [5, 5.41) is 4.49. The zero-order valence-electron chi connectivity index (χ0n) is 9.88. The average molecular weight is 219 g/mol. The van der Waals surface area contributed by atoms with Crippen LogP contribution in [0.3, 0.4) is 0 Å². The normalized spacial score (nSPS) is 11.3. The van der Waals surface area contributed by atoms with Gasteiger partial charge in [0.25, 0.3) is 0 Å². The van der Waals surface area contributed by atoms with Crippen LogP contribution in [-0.2, 0) is 6.54 Å². The molecule has 0 saturated heterocycles. The van der Waals surface area contributed by atoms with Gasteiger partial charge in [0.15, 0.2) is 5.65 Å². The maximum atomic E-state index is 5.55. The maximum Gasteiger partial charge on any atom is 0.153 e. The third-order valence-electron chi connectivity index (χ3n) is 2.70. The first-order valence-electron chi connectivity index (χ1n) is 5.40. The fourth-order valence-corrected chi connectivity index (χ4v) is 1.47. The minimum atomic E-state index is 0.419. The van der Waals surface area contributed by atoms with Crippen molar-refractivity contribution in [3.05, 3.63) is 24.0 Å². The van der Waals surface area contributed by atoms with Crippen molar-refractivity contribution in [3.8, 4) is 0 Å². The molecule has 0 aliphatic heterocycles. The average Bonchev–Trinajstić information content (AvgIpc) is 2.69. The number of hydrogen-bond acceptors (Lipinski definition) is 4. The molecule has 5 heteroatoms. The summed E-state index contributed by atoms with van der Waals surface area (Å²) in [6, 6.07) is 4.35. The number of hydrogen-bond donors (Lipinski definition) is 1. The van der Waals surface area contributed by atoms with Gasteiger partial charge in [0.2, 0.25) is 0 Å². The highest BCUT2D eigenvalue weighted by Crippen LogP contribution is 2.13. The van der Waals surface area contributed by atoms with E-state index in [-0.39, 0.29) is 0 Å². The first kappa shape index (κ1) is 10.9. The number of nitrogens with two attached hydrogens (primary N) is 1. The minimum absolute atomic E-state index is 0.419. The summed E-state index contributed by atoms with van der Waals surface area (Å²) in [6.07, 6.45) is 1.87. The molecule has 0 saturated carbocycles. The molecule has 5 nitrogen and oxygen atoms in total. The molecule has 0 amide bonds. The predicted octanol–water partition coefficient (Wildman–Crippen LogP) is 1.03. The standard InChI is InChI=1S/C11H17N5/c1-8(2)15(3)11-5-4-10-13-9(6-12)7-16(10)14-11/h4-5,7-8H,6,12H2,1-3H3. The summed E-state index contributed by atoms with van der Waals surface area (Å²) in [4.78, 5) is 6.45. The first-order chi connectivity index (χ1) is 7.61. The third-order valence-corrected chi connectivity index (χ3v) is 2.70. The lowest BCUT2D eigenvalue weighted by atomic mass is 10.3. The second-order valence-corrected chi connectivity index (χ2v) is 4.14. The zero-order valence-corrected chi connectivity index (χ0v) is 9.88. The third kappa shape index (κ3) is 1.86. The zero-order chi connectivity index (χ0) is 11.7. The second kappa shape index (κ2) is 4.09. The number of aromatic nitrogens is 3. The molecule has 2 aromatic heterocycles. The molecule has 0 spiro atoms. The summed E-state index contributed by atoms with van der Waals surface area (Å²) in [6.45, 7) is 4.70. The highest BCUT2D eigenvalue weighted by Gasteiger charge is 2.08. The van der Waals surface area contributed by atoms with Gasteiger partial charge in [0.05, 0.1) is 11.9 Å². The highest BCUT2D eigenvalue weighted by molar-refractivity contribution is 5.46. The second-order valence-electron chi connectivity index (χ2n) is 4.14. The van der Waals surface area contributed by atoms with E-state index in [1.807, 2.05) is 25.4 Å². The molecule has 0 aliphatic carbocycles. The molecule has 0 unspecified atom stereocenters. The van der Waals surface area contributed by atoms with E-state index in [0.29, 0.717) is 12.6 Å². The van der Waals surface area contributed by atoms with Crippen LogP contribution in [0.5, 0.6) is 0 Å². The maximum absolute atomic E-state index is 5.55. The van der Waals surface area contributed by atoms with Gasteiger partial charge in [-0.25, -0.2) is 9.50 Å². The van der Waals surface area contributed by atoms with E-state index >= 15 is 0 Å². The number of imidazole rings is 1. The summed E-state index contributed by atoms with van der Waals surface area (Å²) in [7, 11) is 2.03. The smallest absolute Gasteiger partial charge is 0.153 e. The van der Waals surface area contributed by atoms with Crippen LogP contribution in [0.2, 0.25) is 0 Å². The Morgan fingerprint density at radius 1 is 1.44 bits per heavy atom. The van der Waals surface area contributed by atoms with Crippen LogP contribution in [0.25, 0.3) is 5.65 Å². The Bertz CT molecular complexity index is 488. The molecule has 2 rings (SSSR count). The fourth-order valence-electron chi connectivity index (χ4n) is 1.47. The van der Waals surface area contributed by atoms with Crippen LogP contribution < -0.4 is 10.6 Å². The molecule has 2 aromatic rings. The van der Waals surface area contributed by atoms with E-state index in [1.165, 1.54) is 0 Å². The van der Waals surface area contributed by atoms with Crippen molar-refractivity contribution in [2.24, 2.45) is 5.73 Å². The van der Waals surface area contributed by atoms with Gasteiger partial charge in [0, 0.05) is 19.6 Å². The molecule has 0 aromatic carbocycles. The molecule has 0 fully saturated rings. The lowest BCUT2D eigenvalue weighted by molar-refractivity contribution is 0.728. The van der Waals surface area contributed by atoms with Gasteiger partial charge in [0.1, 0.15) is 5.82 Å². The summed E-state index contributed by atoms with van der Waals surface area (Å²) in [5.74, 6) is 0.934. The molecule has 0 bridgehead atoms. The van der Waals surface area contributed by atoms with E-state index in [2.05, 4.69) is 28.8 Å². The van der Waals surface area contributed by atoms with E-state index in [0.717, 1.165) is 17.2 Å². The van der Waals surface area contributed by atoms with Crippen molar-refractivity contribution in [1.29, 1.82) is 0 Å². The van der Waals surface area contributed by atoms with Crippen LogP contribution in [0.15, 0.2) is 18.3 Å². The van der Waals surface area contributed by atoms with Crippen LogP contribution >= 0.6 is 0 Å². The van der Waals surface area contributed by atoms with E-state index < -0.39 is 0 Å². The van der Waals surface area contributed by atoms with Gasteiger partial charge < -0.3 is 10.6 Å². The molecule has 0 aliphatic rings. The van der Waals surface area contributed by atoms with Gasteiger partial charge in [-0.3, -0.25) is 0 Å². The summed E-state index contributed by atoms with van der Waals surface area (Å²) < 4.78 is 1.77. The minimum Gasteiger partial charge on any atom is -0.356 e. The van der Waals surface area contributed by atoms with Crippen LogP contribution in [0, 0.1) is 0 Å². The van der Waals surface area contributed by atoms with Crippen molar-refractivity contribution >= 4 is 11.5 Å². The van der Waals surface area contributed by atoms with Gasteiger partial charge in [-0.1, -0.05) is 0 Å². The van der Waals surface area contributed by atoms with E-state index in [1.54, 1.807) is 4.52 Å². The molecule has 16 heavy (non-hydrogen) atoms. The monoisotopic (exact) mass is 219 g/mol. The quantitative estimate of drug-likeness (QED) is 0.837. The lowest BCUT2D eigenvalue weighted by Crippen LogP contribution is -2.26. The van der Waals surface area contributed by atoms with Gasteiger partial charge >= 0.3 is 0 Å². The van der Waals surface area contributed by atoms with Crippen molar-refractivity contribution in [3.63, 3.8) is 0 Å². The van der Waals surface area contributed by atoms with Gasteiger partial charge in [-0.2, -0.15) is 0 Å². The van der Waals surface area contributed by atoms with Gasteiger partial charge in [-0.05, 0) is 26.0 Å². The largest absolute Gasteiger partial charge is 0.356 e. The highest BCUT2D eigenvalue weighted by atomic mass is 15.3. The number of nitrogens with zero attached hydrogens (tertiary/aromatic N) is 4. The molecule has 2 heterocycles. The Balaban J connectivity index is 2.43. The Kier molecular flexibility index (Phi) is 2.78. The first-order valence-corrected chi connectivity index (χ1v) is 5.40. The van der Waals surface area contributed by atoms with Crippen LogP contribution in [0.4, 0.5) is 5.82 Å². The number of anilines is 1. The topological polar surface area (TPSA) is 59.5 Å². The van der Waals surface area contributed by atoms with Crippen molar-refractivity contribution < 1.29 is 0 Å². The van der Waals surface area contributed by atoms with Crippen LogP contribution in [-0.4, -0.2) is 27.7 Å². The molecule has 0 radical (unpaired) electrons. The Morgan fingerprint density at radius 3 is 2.81 bits per heavy atom. The molecular weight excluding hydrogens is 202 g/mol. The van der Waals surface area contributed by atoms with Crippen LogP contribution in [0.1, 0.15) is 19.5 Å². The number of rotatable bonds is 3. The molecule has 2 N–H and O–H groups in total. The number of fused-ring (bicyclic) bond motifs is 1. The van der Waals surface area contributed by atoms with Gasteiger partial charge in [-0.15, -0.1) is 5.10 Å². The summed E-state index contributed by atoms with van der Waals surface area (Å²) in [5.41, 5.74) is 7.24. The molecule has 86 valence electrons.